The number of hydrogen-bond acceptors (Lipinski definition) is 8. The molecule has 0 bridgehead atoms. The van der Waals surface area contributed by atoms with Gasteiger partial charge in [-0.2, -0.15) is 25.3 Å². The first-order chi connectivity index (χ1) is 11.3. The van der Waals surface area contributed by atoms with Crippen LogP contribution in [-0.4, -0.2) is 48.2 Å². The van der Waals surface area contributed by atoms with Crippen molar-refractivity contribution < 1.29 is 19.2 Å². The number of hydrogen-bond donors (Lipinski definition) is 2. The molecule has 142 valence electrons. The Morgan fingerprint density at radius 2 is 0.875 bits per heavy atom. The van der Waals surface area contributed by atoms with Gasteiger partial charge in [-0.1, -0.05) is 49.3 Å². The van der Waals surface area contributed by atoms with E-state index in [0.717, 1.165) is 36.7 Å². The van der Waals surface area contributed by atoms with E-state index in [1.807, 2.05) is 27.7 Å². The Morgan fingerprint density at radius 1 is 0.625 bits per heavy atom. The fourth-order valence-electron chi connectivity index (χ4n) is 0.476. The van der Waals surface area contributed by atoms with E-state index in [0.29, 0.717) is 11.5 Å². The third-order valence-electron chi connectivity index (χ3n) is 2.25. The van der Waals surface area contributed by atoms with Crippen molar-refractivity contribution in [3.05, 3.63) is 0 Å². The van der Waals surface area contributed by atoms with Crippen molar-refractivity contribution in [3.63, 3.8) is 0 Å². The standard InChI is InChI=1S/C8H14O2S2.2C4H8OS/c1-7(3-9)5-11-12-6-8(2)4-10;2*1-4(2-5)3-6/h3-4,7-8H,5-6H2,1-2H3;2*2,4,6H,3H2,1H3. The van der Waals surface area contributed by atoms with Gasteiger partial charge in [0.15, 0.2) is 0 Å². The summed E-state index contributed by atoms with van der Waals surface area (Å²) in [6, 6.07) is 0. The molecule has 0 aromatic rings. The van der Waals surface area contributed by atoms with Gasteiger partial charge in [0.05, 0.1) is 0 Å². The Bertz CT molecular complexity index is 286. The van der Waals surface area contributed by atoms with Crippen LogP contribution < -0.4 is 0 Å². The number of thiol groups is 2. The summed E-state index contributed by atoms with van der Waals surface area (Å²) in [6.45, 7) is 7.45. The Balaban J connectivity index is -0.000000309. The maximum atomic E-state index is 10.2. The average molecular weight is 415 g/mol. The molecule has 4 unspecified atom stereocenters. The minimum absolute atomic E-state index is 0.119. The highest BCUT2D eigenvalue weighted by molar-refractivity contribution is 8.76. The summed E-state index contributed by atoms with van der Waals surface area (Å²) in [6.07, 6.45) is 3.70. The van der Waals surface area contributed by atoms with Gasteiger partial charge in [-0.25, -0.2) is 0 Å². The van der Waals surface area contributed by atoms with Gasteiger partial charge in [-0.3, -0.25) is 0 Å². The third-order valence-corrected chi connectivity index (χ3v) is 6.21. The highest BCUT2D eigenvalue weighted by Gasteiger charge is 2.02. The molecule has 0 aliphatic heterocycles. The lowest BCUT2D eigenvalue weighted by Crippen LogP contribution is -2.00. The first kappa shape index (κ1) is 28.9. The molecule has 8 heteroatoms. The predicted molar refractivity (Wildman–Crippen MR) is 114 cm³/mol. The van der Waals surface area contributed by atoms with Crippen molar-refractivity contribution in [2.45, 2.75) is 27.7 Å². The molecule has 0 spiro atoms. The molecule has 4 atom stereocenters. The normalized spacial score (nSPS) is 14.4. The van der Waals surface area contributed by atoms with Gasteiger partial charge in [-0.05, 0) is 11.5 Å². The highest BCUT2D eigenvalue weighted by atomic mass is 33.1. The Morgan fingerprint density at radius 3 is 1.00 bits per heavy atom. The zero-order valence-electron chi connectivity index (χ0n) is 14.8. The Labute approximate surface area is 165 Å². The quantitative estimate of drug-likeness (QED) is 0.233. The van der Waals surface area contributed by atoms with Crippen LogP contribution in [0.15, 0.2) is 0 Å². The SMILES string of the molecule is CC(C=O)CS.CC(C=O)CS.CC(C=O)CSSCC(C)C=O. The average Bonchev–Trinajstić information content (AvgIpc) is 2.63. The molecule has 0 N–H and O–H groups in total. The molecule has 0 rings (SSSR count). The molecule has 0 saturated carbocycles. The van der Waals surface area contributed by atoms with E-state index in [9.17, 15) is 19.2 Å². The highest BCUT2D eigenvalue weighted by Crippen LogP contribution is 2.24. The first-order valence-electron chi connectivity index (χ1n) is 7.60. The Kier molecular flexibility index (Phi) is 27.8. The van der Waals surface area contributed by atoms with Crippen LogP contribution in [0.3, 0.4) is 0 Å². The maximum Gasteiger partial charge on any atom is 0.123 e. The lowest BCUT2D eigenvalue weighted by atomic mass is 10.3. The molecule has 0 aliphatic carbocycles. The second-order valence-corrected chi connectivity index (χ2v) is 8.67. The molecule has 0 amide bonds. The van der Waals surface area contributed by atoms with Gasteiger partial charge in [-0.15, -0.1) is 0 Å². The number of carbonyl (C=O) groups excluding carboxylic acids is 4. The summed E-state index contributed by atoms with van der Waals surface area (Å²) in [5.41, 5.74) is 0. The maximum absolute atomic E-state index is 10.2. The smallest absolute Gasteiger partial charge is 0.123 e. The van der Waals surface area contributed by atoms with Crippen LogP contribution in [0, 0.1) is 23.7 Å². The molecule has 4 nitrogen and oxygen atoms in total. The van der Waals surface area contributed by atoms with Crippen LogP contribution in [0.25, 0.3) is 0 Å². The van der Waals surface area contributed by atoms with E-state index < -0.39 is 0 Å². The second-order valence-electron chi connectivity index (χ2n) is 5.39. The monoisotopic (exact) mass is 414 g/mol. The summed E-state index contributed by atoms with van der Waals surface area (Å²) in [5, 5.41) is 0. The fourth-order valence-corrected chi connectivity index (χ4v) is 3.29. The van der Waals surface area contributed by atoms with Gasteiger partial charge in [0.25, 0.3) is 0 Å². The van der Waals surface area contributed by atoms with Crippen molar-refractivity contribution in [1.82, 2.24) is 0 Å². The van der Waals surface area contributed by atoms with E-state index in [4.69, 9.17) is 0 Å². The van der Waals surface area contributed by atoms with Gasteiger partial charge in [0.2, 0.25) is 0 Å². The zero-order valence-corrected chi connectivity index (χ0v) is 18.2. The van der Waals surface area contributed by atoms with Crippen LogP contribution in [0.5, 0.6) is 0 Å². The van der Waals surface area contributed by atoms with Crippen LogP contribution >= 0.6 is 46.8 Å². The second kappa shape index (κ2) is 23.1. The molecular formula is C16H30O4S4. The minimum atomic E-state index is 0.119. The molecule has 0 aromatic heterocycles. The van der Waals surface area contributed by atoms with Crippen molar-refractivity contribution in [2.24, 2.45) is 23.7 Å². The summed E-state index contributed by atoms with van der Waals surface area (Å²) >= 11 is 7.73. The molecule has 24 heavy (non-hydrogen) atoms. The summed E-state index contributed by atoms with van der Waals surface area (Å²) in [5.74, 6) is 3.46. The van der Waals surface area contributed by atoms with Crippen molar-refractivity contribution in [3.8, 4) is 0 Å². The van der Waals surface area contributed by atoms with E-state index in [2.05, 4.69) is 25.3 Å². The van der Waals surface area contributed by atoms with Crippen LogP contribution in [-0.2, 0) is 19.2 Å². The predicted octanol–water partition coefficient (Wildman–Crippen LogP) is 3.54. The van der Waals surface area contributed by atoms with E-state index >= 15 is 0 Å². The molecule has 0 fully saturated rings. The van der Waals surface area contributed by atoms with Crippen molar-refractivity contribution in [2.75, 3.05) is 23.0 Å². The first-order valence-corrected chi connectivity index (χ1v) is 11.3. The number of rotatable bonds is 11. The Hall–Kier alpha value is 0.0800. The summed E-state index contributed by atoms with van der Waals surface area (Å²) < 4.78 is 0. The van der Waals surface area contributed by atoms with Gasteiger partial charge in [0.1, 0.15) is 25.1 Å². The van der Waals surface area contributed by atoms with Gasteiger partial charge in [0, 0.05) is 35.2 Å². The van der Waals surface area contributed by atoms with Crippen molar-refractivity contribution in [1.29, 1.82) is 0 Å². The largest absolute Gasteiger partial charge is 0.303 e. The van der Waals surface area contributed by atoms with Gasteiger partial charge >= 0.3 is 0 Å². The number of carbonyl (C=O) groups is 4. The van der Waals surface area contributed by atoms with Crippen LogP contribution in [0.1, 0.15) is 27.7 Å². The summed E-state index contributed by atoms with van der Waals surface area (Å²) in [7, 11) is 3.31. The molecule has 0 aromatic carbocycles. The lowest BCUT2D eigenvalue weighted by Gasteiger charge is -2.03. The molecule has 0 aliphatic rings. The topological polar surface area (TPSA) is 68.3 Å². The molecule has 0 heterocycles. The minimum Gasteiger partial charge on any atom is -0.303 e. The van der Waals surface area contributed by atoms with E-state index in [1.54, 1.807) is 21.6 Å². The van der Waals surface area contributed by atoms with E-state index in [-0.39, 0.29) is 23.7 Å². The third kappa shape index (κ3) is 27.0. The van der Waals surface area contributed by atoms with Gasteiger partial charge < -0.3 is 19.2 Å². The fraction of sp³-hybridized carbons (Fsp3) is 0.750. The summed E-state index contributed by atoms with van der Waals surface area (Å²) in [4.78, 5) is 39.8. The number of aldehydes is 4. The molecule has 0 radical (unpaired) electrons. The molecular weight excluding hydrogens is 384 g/mol. The molecule has 0 saturated heterocycles. The van der Waals surface area contributed by atoms with Crippen molar-refractivity contribution >= 4 is 72.0 Å². The zero-order chi connectivity index (χ0) is 19.4. The lowest BCUT2D eigenvalue weighted by molar-refractivity contribution is -0.110. The van der Waals surface area contributed by atoms with Crippen LogP contribution in [0.2, 0.25) is 0 Å². The van der Waals surface area contributed by atoms with Crippen LogP contribution in [0.4, 0.5) is 0 Å². The van der Waals surface area contributed by atoms with E-state index in [1.165, 1.54) is 0 Å².